The Kier molecular flexibility index (Phi) is 12.6. The van der Waals surface area contributed by atoms with Crippen LogP contribution in [0, 0.1) is 17.2 Å². The summed E-state index contributed by atoms with van der Waals surface area (Å²) in [6.07, 6.45) is -8.60. The number of carboxylic acid groups (broad SMARTS) is 3. The normalized spacial score (nSPS) is 21.9. The lowest BCUT2D eigenvalue weighted by molar-refractivity contribution is -0.193. The summed E-state index contributed by atoms with van der Waals surface area (Å²) < 4.78 is 82.1. The van der Waals surface area contributed by atoms with Gasteiger partial charge in [-0.3, -0.25) is 14.6 Å². The fraction of sp³-hybridized carbons (Fsp3) is 0.609. The van der Waals surface area contributed by atoms with Crippen molar-refractivity contribution in [2.45, 2.75) is 31.7 Å². The number of nitrogens with zero attached hydrogens (tertiary/aromatic N) is 2. The number of halogens is 7. The maximum Gasteiger partial charge on any atom is 0.490 e. The minimum absolute atomic E-state index is 0.0953. The molecule has 2 atom stereocenters. The van der Waals surface area contributed by atoms with Gasteiger partial charge in [-0.1, -0.05) is 12.1 Å². The minimum Gasteiger partial charge on any atom is -0.481 e. The van der Waals surface area contributed by atoms with Crippen LogP contribution in [0.1, 0.15) is 18.4 Å². The summed E-state index contributed by atoms with van der Waals surface area (Å²) >= 11 is 0. The highest BCUT2D eigenvalue weighted by molar-refractivity contribution is 5.76. The smallest absolute Gasteiger partial charge is 0.481 e. The minimum atomic E-state index is -5.08. The van der Waals surface area contributed by atoms with Crippen molar-refractivity contribution in [2.24, 2.45) is 11.3 Å². The van der Waals surface area contributed by atoms with Crippen LogP contribution in [0.5, 0.6) is 0 Å². The maximum atomic E-state index is 13.4. The third-order valence-electron chi connectivity index (χ3n) is 6.16. The van der Waals surface area contributed by atoms with Gasteiger partial charge in [-0.15, -0.1) is 0 Å². The molecule has 222 valence electrons. The molecule has 39 heavy (non-hydrogen) atoms. The highest BCUT2D eigenvalue weighted by Gasteiger charge is 2.53. The van der Waals surface area contributed by atoms with Crippen molar-refractivity contribution in [3.63, 3.8) is 0 Å². The first-order valence-corrected chi connectivity index (χ1v) is 11.4. The topological polar surface area (TPSA) is 128 Å². The van der Waals surface area contributed by atoms with E-state index >= 15 is 0 Å². The van der Waals surface area contributed by atoms with Crippen molar-refractivity contribution in [3.8, 4) is 0 Å². The molecule has 2 fully saturated rings. The number of rotatable bonds is 6. The van der Waals surface area contributed by atoms with Crippen LogP contribution in [-0.2, 0) is 25.7 Å². The fourth-order valence-electron chi connectivity index (χ4n) is 4.39. The number of hydrogen-bond donors (Lipinski definition) is 3. The van der Waals surface area contributed by atoms with E-state index in [1.807, 2.05) is 6.07 Å². The molecule has 2 saturated heterocycles. The van der Waals surface area contributed by atoms with Gasteiger partial charge in [0.25, 0.3) is 0 Å². The molecule has 16 heteroatoms. The molecular formula is C23H29F7N2O7. The van der Waals surface area contributed by atoms with Crippen LogP contribution in [0.3, 0.4) is 0 Å². The van der Waals surface area contributed by atoms with Gasteiger partial charge in [0.15, 0.2) is 0 Å². The van der Waals surface area contributed by atoms with Gasteiger partial charge in [0, 0.05) is 45.8 Å². The number of carbonyl (C=O) groups is 3. The molecule has 0 unspecified atom stereocenters. The second-order valence-electron chi connectivity index (χ2n) is 8.96. The van der Waals surface area contributed by atoms with Crippen LogP contribution in [-0.4, -0.2) is 102 Å². The van der Waals surface area contributed by atoms with Gasteiger partial charge in [-0.25, -0.2) is 14.0 Å². The second kappa shape index (κ2) is 14.4. The lowest BCUT2D eigenvalue weighted by Crippen LogP contribution is -2.41. The number of likely N-dealkylation sites (tertiary alicyclic amines) is 2. The number of ether oxygens (including phenoxy) is 1. The maximum absolute atomic E-state index is 13.4. The van der Waals surface area contributed by atoms with Crippen molar-refractivity contribution in [1.82, 2.24) is 9.80 Å². The van der Waals surface area contributed by atoms with Crippen LogP contribution < -0.4 is 0 Å². The highest BCUT2D eigenvalue weighted by Crippen LogP contribution is 2.43. The third kappa shape index (κ3) is 11.0. The quantitative estimate of drug-likeness (QED) is 0.436. The SMILES string of the molecule is COCCN1C[C@@H]2CN(Cc3cccc(F)c3)CCC[C@]2(C(=O)O)C1.O=C(O)C(F)(F)F.O=C(O)C(F)(F)F. The first-order chi connectivity index (χ1) is 17.9. The molecule has 0 aliphatic carbocycles. The molecule has 1 aromatic rings. The van der Waals surface area contributed by atoms with Gasteiger partial charge in [-0.2, -0.15) is 26.3 Å². The van der Waals surface area contributed by atoms with Crippen LogP contribution in [0.15, 0.2) is 24.3 Å². The van der Waals surface area contributed by atoms with E-state index in [1.165, 1.54) is 6.07 Å². The Morgan fingerprint density at radius 2 is 1.54 bits per heavy atom. The summed E-state index contributed by atoms with van der Waals surface area (Å²) in [5.41, 5.74) is 0.279. The van der Waals surface area contributed by atoms with E-state index in [2.05, 4.69) is 9.80 Å². The number of hydrogen-bond acceptors (Lipinski definition) is 6. The molecule has 3 rings (SSSR count). The Bertz CT molecular complexity index is 951. The summed E-state index contributed by atoms with van der Waals surface area (Å²) in [7, 11) is 1.67. The number of benzene rings is 1. The molecule has 0 aromatic heterocycles. The average Bonchev–Trinajstić information content (AvgIpc) is 3.06. The Labute approximate surface area is 218 Å². The van der Waals surface area contributed by atoms with E-state index in [1.54, 1.807) is 19.2 Å². The van der Waals surface area contributed by atoms with E-state index in [9.17, 15) is 40.6 Å². The molecule has 2 aliphatic heterocycles. The largest absolute Gasteiger partial charge is 0.490 e. The van der Waals surface area contributed by atoms with Crippen LogP contribution in [0.4, 0.5) is 30.7 Å². The van der Waals surface area contributed by atoms with Gasteiger partial charge >= 0.3 is 30.3 Å². The number of aliphatic carboxylic acids is 3. The Morgan fingerprint density at radius 3 is 2.00 bits per heavy atom. The van der Waals surface area contributed by atoms with Crippen LogP contribution in [0.25, 0.3) is 0 Å². The third-order valence-corrected chi connectivity index (χ3v) is 6.16. The highest BCUT2D eigenvalue weighted by atomic mass is 19.4. The molecule has 0 radical (unpaired) electrons. The molecule has 9 nitrogen and oxygen atoms in total. The van der Waals surface area contributed by atoms with Crippen molar-refractivity contribution < 1.29 is 65.2 Å². The summed E-state index contributed by atoms with van der Waals surface area (Å²) in [5.74, 6) is -6.32. The summed E-state index contributed by atoms with van der Waals surface area (Å²) in [6, 6.07) is 6.67. The molecule has 0 amide bonds. The van der Waals surface area contributed by atoms with E-state index in [-0.39, 0.29) is 11.7 Å². The lowest BCUT2D eigenvalue weighted by Gasteiger charge is -2.29. The Hall–Kier alpha value is -2.98. The van der Waals surface area contributed by atoms with Gasteiger partial charge in [0.2, 0.25) is 0 Å². The number of carboxylic acids is 3. The van der Waals surface area contributed by atoms with Crippen LogP contribution in [0.2, 0.25) is 0 Å². The standard InChI is InChI=1S/C19H27FN2O3.2C2HF3O2/c1-25-9-8-22-13-16-12-21(11-15-4-2-5-17(20)10-15)7-3-6-19(16,14-22)18(23)24;2*3-2(4,5)1(6)7/h2,4-5,10,16H,3,6-9,11-14H2,1H3,(H,23,24);2*(H,6,7)/t16-,19-;;/m0../s1. The van der Waals surface area contributed by atoms with E-state index < -0.39 is 35.7 Å². The van der Waals surface area contributed by atoms with E-state index in [0.29, 0.717) is 26.1 Å². The zero-order valence-electron chi connectivity index (χ0n) is 20.8. The van der Waals surface area contributed by atoms with Crippen molar-refractivity contribution in [3.05, 3.63) is 35.6 Å². The molecule has 3 N–H and O–H groups in total. The number of alkyl halides is 6. The number of methoxy groups -OCH3 is 1. The van der Waals surface area contributed by atoms with Gasteiger partial charge in [0.05, 0.1) is 12.0 Å². The molecule has 2 aliphatic rings. The molecule has 0 saturated carbocycles. The monoisotopic (exact) mass is 578 g/mol. The predicted octanol–water partition coefficient (Wildman–Crippen LogP) is 3.34. The van der Waals surface area contributed by atoms with Gasteiger partial charge in [-0.05, 0) is 37.1 Å². The average molecular weight is 578 g/mol. The second-order valence-corrected chi connectivity index (χ2v) is 8.96. The predicted molar refractivity (Wildman–Crippen MR) is 120 cm³/mol. The van der Waals surface area contributed by atoms with Gasteiger partial charge in [0.1, 0.15) is 5.82 Å². The number of fused-ring (bicyclic) bond motifs is 1. The Morgan fingerprint density at radius 1 is 1.00 bits per heavy atom. The molecule has 0 spiro atoms. The molecule has 2 heterocycles. The lowest BCUT2D eigenvalue weighted by atomic mass is 9.75. The van der Waals surface area contributed by atoms with Crippen molar-refractivity contribution in [2.75, 3.05) is 46.4 Å². The summed E-state index contributed by atoms with van der Waals surface area (Å²) in [6.45, 7) is 5.05. The first kappa shape index (κ1) is 34.0. The molecule has 0 bridgehead atoms. The van der Waals surface area contributed by atoms with Crippen molar-refractivity contribution in [1.29, 1.82) is 0 Å². The zero-order chi connectivity index (χ0) is 30.0. The van der Waals surface area contributed by atoms with Crippen LogP contribution >= 0.6 is 0 Å². The molecule has 1 aromatic carbocycles. The zero-order valence-corrected chi connectivity index (χ0v) is 20.8. The van der Waals surface area contributed by atoms with E-state index in [0.717, 1.165) is 38.2 Å². The fourth-order valence-corrected chi connectivity index (χ4v) is 4.39. The summed E-state index contributed by atoms with van der Waals surface area (Å²) in [4.78, 5) is 34.4. The summed E-state index contributed by atoms with van der Waals surface area (Å²) in [5, 5.41) is 24.2. The first-order valence-electron chi connectivity index (χ1n) is 11.4. The van der Waals surface area contributed by atoms with E-state index in [4.69, 9.17) is 24.5 Å². The molecular weight excluding hydrogens is 549 g/mol. The van der Waals surface area contributed by atoms with Gasteiger partial charge < -0.3 is 20.1 Å². The van der Waals surface area contributed by atoms with Crippen molar-refractivity contribution >= 4 is 17.9 Å². The Balaban J connectivity index is 0.000000449.